The molecule has 0 saturated carbocycles. The van der Waals surface area contributed by atoms with Crippen LogP contribution in [-0.4, -0.2) is 60.1 Å². The summed E-state index contributed by atoms with van der Waals surface area (Å²) in [6, 6.07) is 6.73. The van der Waals surface area contributed by atoms with Crippen LogP contribution in [0.1, 0.15) is 62.5 Å². The predicted molar refractivity (Wildman–Crippen MR) is 170 cm³/mol. The SMILES string of the molecule is C=C1NC(C)=CC(CCC)=C1CNC(=O)c1cc(-c2cncc(N3CCN(C)CC3)c2)cc2c1c(C)cn2C(C)C. The van der Waals surface area contributed by atoms with Gasteiger partial charge in [-0.05, 0) is 87.7 Å². The van der Waals surface area contributed by atoms with Crippen molar-refractivity contribution in [2.24, 2.45) is 0 Å². The number of nitrogens with zero attached hydrogens (tertiary/aromatic N) is 4. The second kappa shape index (κ2) is 12.0. The van der Waals surface area contributed by atoms with E-state index in [1.807, 2.05) is 25.4 Å². The normalized spacial score (nSPS) is 16.4. The molecule has 5 rings (SSSR count). The fourth-order valence-electron chi connectivity index (χ4n) is 6.05. The molecule has 41 heavy (non-hydrogen) atoms. The van der Waals surface area contributed by atoms with Gasteiger partial charge in [0.1, 0.15) is 0 Å². The summed E-state index contributed by atoms with van der Waals surface area (Å²) in [7, 11) is 2.17. The summed E-state index contributed by atoms with van der Waals surface area (Å²) in [5.74, 6) is -0.0768. The fourth-order valence-corrected chi connectivity index (χ4v) is 6.05. The molecule has 0 bridgehead atoms. The van der Waals surface area contributed by atoms with Crippen LogP contribution in [0.4, 0.5) is 5.69 Å². The maximum atomic E-state index is 14.0. The highest BCUT2D eigenvalue weighted by atomic mass is 16.1. The number of pyridine rings is 1. The number of aryl methyl sites for hydroxylation is 1. The van der Waals surface area contributed by atoms with Crippen molar-refractivity contribution in [3.8, 4) is 11.1 Å². The summed E-state index contributed by atoms with van der Waals surface area (Å²) in [5, 5.41) is 7.59. The molecule has 3 aromatic rings. The maximum Gasteiger partial charge on any atom is 0.252 e. The van der Waals surface area contributed by atoms with Gasteiger partial charge in [0.05, 0.1) is 11.9 Å². The van der Waals surface area contributed by atoms with Crippen molar-refractivity contribution in [2.45, 2.75) is 53.5 Å². The Bertz CT molecular complexity index is 1530. The average molecular weight is 553 g/mol. The van der Waals surface area contributed by atoms with Crippen LogP contribution in [0, 0.1) is 6.92 Å². The van der Waals surface area contributed by atoms with E-state index >= 15 is 0 Å². The van der Waals surface area contributed by atoms with Crippen LogP contribution in [0.5, 0.6) is 0 Å². The molecule has 0 unspecified atom stereocenters. The molecular weight excluding hydrogens is 508 g/mol. The molecule has 7 heteroatoms. The van der Waals surface area contributed by atoms with E-state index in [4.69, 9.17) is 0 Å². The molecule has 2 aliphatic rings. The summed E-state index contributed by atoms with van der Waals surface area (Å²) in [6.07, 6.45) is 10.2. The van der Waals surface area contributed by atoms with Crippen LogP contribution in [0.25, 0.3) is 22.0 Å². The van der Waals surface area contributed by atoms with E-state index in [1.165, 1.54) is 5.57 Å². The highest BCUT2D eigenvalue weighted by molar-refractivity contribution is 6.09. The van der Waals surface area contributed by atoms with Crippen molar-refractivity contribution in [3.05, 3.63) is 83.1 Å². The zero-order valence-electron chi connectivity index (χ0n) is 25.5. The van der Waals surface area contributed by atoms with Crippen molar-refractivity contribution in [1.82, 2.24) is 25.1 Å². The number of amides is 1. The predicted octanol–water partition coefficient (Wildman–Crippen LogP) is 6.19. The number of likely N-dealkylation sites (N-methyl/N-ethyl adjacent to an activating group) is 1. The topological polar surface area (TPSA) is 65.4 Å². The number of carbonyl (C=O) groups excluding carboxylic acids is 1. The molecule has 0 atom stereocenters. The first-order valence-corrected chi connectivity index (χ1v) is 14.8. The van der Waals surface area contributed by atoms with Crippen LogP contribution < -0.4 is 15.5 Å². The Morgan fingerprint density at radius 1 is 1.10 bits per heavy atom. The number of piperazine rings is 1. The standard InChI is InChI=1S/C34H44N6O/c1-8-9-26-14-24(5)37-25(6)31(26)20-36-34(41)30-16-27(17-32-33(30)23(4)21-40(32)22(2)3)28-15-29(19-35-18-28)39-12-10-38(7)11-13-39/h14-19,21-22,37H,6,8-13,20H2,1-5,7H3,(H,36,41). The van der Waals surface area contributed by atoms with Gasteiger partial charge in [0, 0.05) is 84.6 Å². The van der Waals surface area contributed by atoms with Gasteiger partial charge in [0.25, 0.3) is 5.91 Å². The van der Waals surface area contributed by atoms with E-state index in [0.29, 0.717) is 12.1 Å². The number of benzene rings is 1. The minimum Gasteiger partial charge on any atom is -0.368 e. The van der Waals surface area contributed by atoms with Crippen molar-refractivity contribution in [3.63, 3.8) is 0 Å². The number of dihydropyridines is 1. The summed E-state index contributed by atoms with van der Waals surface area (Å²) >= 11 is 0. The van der Waals surface area contributed by atoms with E-state index in [-0.39, 0.29) is 11.9 Å². The number of nitrogens with one attached hydrogen (secondary N) is 2. The minimum absolute atomic E-state index is 0.0768. The van der Waals surface area contributed by atoms with Crippen molar-refractivity contribution in [2.75, 3.05) is 44.7 Å². The maximum absolute atomic E-state index is 14.0. The van der Waals surface area contributed by atoms with Crippen molar-refractivity contribution >= 4 is 22.5 Å². The Hall–Kier alpha value is -3.84. The average Bonchev–Trinajstić information content (AvgIpc) is 3.29. The van der Waals surface area contributed by atoms with Gasteiger partial charge in [0.2, 0.25) is 0 Å². The van der Waals surface area contributed by atoms with E-state index in [2.05, 4.69) is 95.7 Å². The molecule has 2 aromatic heterocycles. The van der Waals surface area contributed by atoms with E-state index in [1.54, 1.807) is 0 Å². The lowest BCUT2D eigenvalue weighted by molar-refractivity contribution is 0.0958. The second-order valence-corrected chi connectivity index (χ2v) is 11.8. The molecule has 0 aliphatic carbocycles. The molecule has 0 radical (unpaired) electrons. The van der Waals surface area contributed by atoms with Gasteiger partial charge in [0.15, 0.2) is 0 Å². The molecule has 2 aliphatic heterocycles. The largest absolute Gasteiger partial charge is 0.368 e. The van der Waals surface area contributed by atoms with Gasteiger partial charge in [-0.25, -0.2) is 0 Å². The molecule has 4 heterocycles. The Morgan fingerprint density at radius 2 is 1.85 bits per heavy atom. The molecule has 2 N–H and O–H groups in total. The van der Waals surface area contributed by atoms with Crippen molar-refractivity contribution < 1.29 is 4.79 Å². The molecule has 1 saturated heterocycles. The van der Waals surface area contributed by atoms with Gasteiger partial charge in [-0.1, -0.05) is 19.9 Å². The number of rotatable bonds is 8. The molecule has 1 amide bonds. The lowest BCUT2D eigenvalue weighted by Crippen LogP contribution is -2.44. The number of aromatic nitrogens is 2. The van der Waals surface area contributed by atoms with Gasteiger partial charge in [-0.15, -0.1) is 0 Å². The van der Waals surface area contributed by atoms with Gasteiger partial charge in [-0.2, -0.15) is 0 Å². The fraction of sp³-hybridized carbons (Fsp3) is 0.412. The second-order valence-electron chi connectivity index (χ2n) is 11.8. The van der Waals surface area contributed by atoms with Crippen molar-refractivity contribution in [1.29, 1.82) is 0 Å². The van der Waals surface area contributed by atoms with Crippen LogP contribution in [0.2, 0.25) is 0 Å². The summed E-state index contributed by atoms with van der Waals surface area (Å²) in [4.78, 5) is 23.3. The van der Waals surface area contributed by atoms with Gasteiger partial charge >= 0.3 is 0 Å². The van der Waals surface area contributed by atoms with Gasteiger partial charge in [-0.3, -0.25) is 9.78 Å². The number of hydrogen-bond acceptors (Lipinski definition) is 5. The molecule has 216 valence electrons. The molecule has 1 fully saturated rings. The molecular formula is C34H44N6O. The Kier molecular flexibility index (Phi) is 8.36. The monoisotopic (exact) mass is 552 g/mol. The van der Waals surface area contributed by atoms with E-state index < -0.39 is 0 Å². The van der Waals surface area contributed by atoms with Crippen LogP contribution in [0.3, 0.4) is 0 Å². The first-order valence-electron chi connectivity index (χ1n) is 14.8. The Labute approximate surface area is 244 Å². The first kappa shape index (κ1) is 28.7. The summed E-state index contributed by atoms with van der Waals surface area (Å²) in [5.41, 5.74) is 10.3. The zero-order chi connectivity index (χ0) is 29.3. The molecule has 7 nitrogen and oxygen atoms in total. The molecule has 0 spiro atoms. The number of anilines is 1. The number of hydrogen-bond donors (Lipinski definition) is 2. The smallest absolute Gasteiger partial charge is 0.252 e. The lowest BCUT2D eigenvalue weighted by Gasteiger charge is -2.34. The summed E-state index contributed by atoms with van der Waals surface area (Å²) in [6.45, 7) is 19.4. The Balaban J connectivity index is 1.53. The third-order valence-corrected chi connectivity index (χ3v) is 8.29. The number of allylic oxidation sites excluding steroid dienone is 3. The van der Waals surface area contributed by atoms with Crippen LogP contribution >= 0.6 is 0 Å². The highest BCUT2D eigenvalue weighted by Crippen LogP contribution is 2.34. The summed E-state index contributed by atoms with van der Waals surface area (Å²) < 4.78 is 2.27. The molecule has 1 aromatic carbocycles. The van der Waals surface area contributed by atoms with E-state index in [0.717, 1.165) is 89.3 Å². The number of fused-ring (bicyclic) bond motifs is 1. The quantitative estimate of drug-likeness (QED) is 0.349. The third kappa shape index (κ3) is 5.96. The van der Waals surface area contributed by atoms with Crippen LogP contribution in [-0.2, 0) is 0 Å². The Morgan fingerprint density at radius 3 is 2.56 bits per heavy atom. The highest BCUT2D eigenvalue weighted by Gasteiger charge is 2.22. The van der Waals surface area contributed by atoms with Crippen LogP contribution in [0.15, 0.2) is 72.0 Å². The third-order valence-electron chi connectivity index (χ3n) is 8.29. The zero-order valence-corrected chi connectivity index (χ0v) is 25.5. The van der Waals surface area contributed by atoms with Gasteiger partial charge < -0.3 is 25.0 Å². The number of carbonyl (C=O) groups is 1. The minimum atomic E-state index is -0.0768. The lowest BCUT2D eigenvalue weighted by atomic mass is 9.96. The first-order chi connectivity index (χ1) is 19.7. The van der Waals surface area contributed by atoms with E-state index in [9.17, 15) is 4.79 Å².